The van der Waals surface area contributed by atoms with Gasteiger partial charge in [-0.25, -0.2) is 4.79 Å². The number of hydrogen-bond acceptors (Lipinski definition) is 4. The lowest BCUT2D eigenvalue weighted by Crippen LogP contribution is -2.34. The van der Waals surface area contributed by atoms with Crippen LogP contribution in [0.1, 0.15) is 31.6 Å². The summed E-state index contributed by atoms with van der Waals surface area (Å²) in [7, 11) is 0. The van der Waals surface area contributed by atoms with Crippen LogP contribution in [0.2, 0.25) is 0 Å². The molecule has 0 bridgehead atoms. The number of allylic oxidation sites excluding steroid dienone is 2. The predicted molar refractivity (Wildman–Crippen MR) is 95.0 cm³/mol. The third kappa shape index (κ3) is 4.92. The average molecular weight is 338 g/mol. The second-order valence-corrected chi connectivity index (χ2v) is 8.00. The van der Waals surface area contributed by atoms with E-state index in [0.717, 1.165) is 18.7 Å². The number of aliphatic carboxylic acids is 1. The van der Waals surface area contributed by atoms with Crippen molar-refractivity contribution in [3.05, 3.63) is 46.3 Å². The highest BCUT2D eigenvalue weighted by Crippen LogP contribution is 2.30. The Hall–Kier alpha value is -1.20. The van der Waals surface area contributed by atoms with Gasteiger partial charge < -0.3 is 10.0 Å². The normalized spacial score (nSPS) is 17.9. The van der Waals surface area contributed by atoms with E-state index in [9.17, 15) is 9.90 Å². The summed E-state index contributed by atoms with van der Waals surface area (Å²) in [6, 6.07) is 4.13. The number of carboxylic acids is 1. The molecule has 0 fully saturated rings. The maximum atomic E-state index is 11.5. The fourth-order valence-electron chi connectivity index (χ4n) is 2.36. The maximum absolute atomic E-state index is 11.5. The van der Waals surface area contributed by atoms with Crippen LogP contribution in [0.3, 0.4) is 0 Å². The molecule has 1 aromatic heterocycles. The van der Waals surface area contributed by atoms with Crippen LogP contribution in [0.15, 0.2) is 41.4 Å². The second-order valence-electron chi connectivity index (χ2n) is 5.78. The third-order valence-electron chi connectivity index (χ3n) is 3.49. The van der Waals surface area contributed by atoms with Gasteiger partial charge in [0.15, 0.2) is 0 Å². The molecular formula is C17H23NO2S2. The highest BCUT2D eigenvalue weighted by molar-refractivity contribution is 8.00. The highest BCUT2D eigenvalue weighted by atomic mass is 32.2. The SMILES string of the molecule is CC(C)CCCSC1C(C(=O)O)=CC=CN1Cc1cccs1. The molecule has 2 heterocycles. The van der Waals surface area contributed by atoms with E-state index in [1.54, 1.807) is 29.2 Å². The quantitative estimate of drug-likeness (QED) is 0.705. The van der Waals surface area contributed by atoms with Crippen molar-refractivity contribution in [1.29, 1.82) is 0 Å². The van der Waals surface area contributed by atoms with Crippen molar-refractivity contribution in [3.8, 4) is 0 Å². The highest BCUT2D eigenvalue weighted by Gasteiger charge is 2.27. The smallest absolute Gasteiger partial charge is 0.334 e. The van der Waals surface area contributed by atoms with E-state index in [-0.39, 0.29) is 5.37 Å². The lowest BCUT2D eigenvalue weighted by atomic mass is 10.1. The van der Waals surface area contributed by atoms with Gasteiger partial charge in [-0.05, 0) is 41.7 Å². The Kier molecular flexibility index (Phi) is 6.58. The van der Waals surface area contributed by atoms with E-state index in [2.05, 4.69) is 30.2 Å². The van der Waals surface area contributed by atoms with Crippen molar-refractivity contribution in [2.45, 2.75) is 38.6 Å². The van der Waals surface area contributed by atoms with Gasteiger partial charge in [-0.15, -0.1) is 23.1 Å². The van der Waals surface area contributed by atoms with Crippen molar-refractivity contribution < 1.29 is 9.90 Å². The van der Waals surface area contributed by atoms with Crippen LogP contribution in [0.5, 0.6) is 0 Å². The molecule has 0 aromatic carbocycles. The fraction of sp³-hybridized carbons (Fsp3) is 0.471. The third-order valence-corrected chi connectivity index (χ3v) is 5.71. The van der Waals surface area contributed by atoms with E-state index in [4.69, 9.17) is 0 Å². The fourth-order valence-corrected chi connectivity index (χ4v) is 4.33. The lowest BCUT2D eigenvalue weighted by Gasteiger charge is -2.32. The number of hydrogen-bond donors (Lipinski definition) is 1. The van der Waals surface area contributed by atoms with Gasteiger partial charge in [-0.1, -0.05) is 26.3 Å². The van der Waals surface area contributed by atoms with E-state index >= 15 is 0 Å². The maximum Gasteiger partial charge on any atom is 0.334 e. The summed E-state index contributed by atoms with van der Waals surface area (Å²) in [6.07, 6.45) is 7.89. The van der Waals surface area contributed by atoms with Gasteiger partial charge in [0.2, 0.25) is 0 Å². The molecule has 1 aliphatic heterocycles. The van der Waals surface area contributed by atoms with E-state index in [1.807, 2.05) is 18.3 Å². The minimum Gasteiger partial charge on any atom is -0.478 e. The number of carboxylic acid groups (broad SMARTS) is 1. The first kappa shape index (κ1) is 17.2. The first-order valence-corrected chi connectivity index (χ1v) is 9.52. The largest absolute Gasteiger partial charge is 0.478 e. The minimum absolute atomic E-state index is 0.100. The summed E-state index contributed by atoms with van der Waals surface area (Å²) in [5.74, 6) is 0.868. The zero-order valence-electron chi connectivity index (χ0n) is 13.1. The molecule has 3 nitrogen and oxygen atoms in total. The Morgan fingerprint density at radius 1 is 1.50 bits per heavy atom. The number of thiophene rings is 1. The molecule has 1 N–H and O–H groups in total. The van der Waals surface area contributed by atoms with Crippen molar-refractivity contribution in [2.75, 3.05) is 5.75 Å². The summed E-state index contributed by atoms with van der Waals surface area (Å²) < 4.78 is 0. The number of thioether (sulfide) groups is 1. The van der Waals surface area contributed by atoms with Crippen LogP contribution in [0, 0.1) is 5.92 Å². The Balaban J connectivity index is 2.01. The standard InChI is InChI=1S/C17H23NO2S2/c1-13(2)6-4-11-22-16-15(17(19)20)8-3-9-18(16)12-14-7-5-10-21-14/h3,5,7-10,13,16H,4,6,11-12H2,1-2H3,(H,19,20). The number of nitrogens with zero attached hydrogens (tertiary/aromatic N) is 1. The molecule has 0 amide bonds. The summed E-state index contributed by atoms with van der Waals surface area (Å²) in [4.78, 5) is 14.9. The summed E-state index contributed by atoms with van der Waals surface area (Å²) in [6.45, 7) is 5.21. The molecule has 0 spiro atoms. The molecule has 1 unspecified atom stereocenters. The zero-order valence-corrected chi connectivity index (χ0v) is 14.7. The van der Waals surface area contributed by atoms with E-state index in [0.29, 0.717) is 11.5 Å². The molecule has 1 aliphatic rings. The van der Waals surface area contributed by atoms with Gasteiger partial charge in [0.1, 0.15) is 5.37 Å². The van der Waals surface area contributed by atoms with Crippen LogP contribution in [-0.4, -0.2) is 27.1 Å². The molecular weight excluding hydrogens is 314 g/mol. The summed E-state index contributed by atoms with van der Waals surface area (Å²) in [5, 5.41) is 11.4. The molecule has 0 saturated carbocycles. The summed E-state index contributed by atoms with van der Waals surface area (Å²) in [5.41, 5.74) is 0.480. The second kappa shape index (κ2) is 8.44. The van der Waals surface area contributed by atoms with Gasteiger partial charge in [-0.3, -0.25) is 0 Å². The first-order valence-electron chi connectivity index (χ1n) is 7.59. The van der Waals surface area contributed by atoms with Crippen molar-refractivity contribution >= 4 is 29.1 Å². The van der Waals surface area contributed by atoms with Gasteiger partial charge in [0.05, 0.1) is 12.1 Å². The van der Waals surface area contributed by atoms with Gasteiger partial charge in [0.25, 0.3) is 0 Å². The Bertz CT molecular complexity index is 535. The average Bonchev–Trinajstić information content (AvgIpc) is 2.97. The minimum atomic E-state index is -0.818. The zero-order chi connectivity index (χ0) is 15.9. The lowest BCUT2D eigenvalue weighted by molar-refractivity contribution is -0.133. The molecule has 22 heavy (non-hydrogen) atoms. The van der Waals surface area contributed by atoms with Crippen LogP contribution >= 0.6 is 23.1 Å². The number of carbonyl (C=O) groups is 1. The number of rotatable bonds is 8. The van der Waals surface area contributed by atoms with Crippen LogP contribution in [0.25, 0.3) is 0 Å². The Labute approximate surface area is 140 Å². The van der Waals surface area contributed by atoms with Crippen LogP contribution in [0.4, 0.5) is 0 Å². The summed E-state index contributed by atoms with van der Waals surface area (Å²) >= 11 is 3.44. The van der Waals surface area contributed by atoms with Crippen molar-refractivity contribution in [1.82, 2.24) is 4.90 Å². The Morgan fingerprint density at radius 2 is 2.32 bits per heavy atom. The molecule has 1 aromatic rings. The molecule has 2 rings (SSSR count). The first-order chi connectivity index (χ1) is 10.6. The molecule has 5 heteroatoms. The molecule has 0 aliphatic carbocycles. The van der Waals surface area contributed by atoms with Crippen molar-refractivity contribution in [2.24, 2.45) is 5.92 Å². The molecule has 0 saturated heterocycles. The topological polar surface area (TPSA) is 40.5 Å². The van der Waals surface area contributed by atoms with E-state index < -0.39 is 5.97 Å². The molecule has 0 radical (unpaired) electrons. The van der Waals surface area contributed by atoms with Gasteiger partial charge >= 0.3 is 5.97 Å². The molecule has 120 valence electrons. The molecule has 1 atom stereocenters. The van der Waals surface area contributed by atoms with Crippen LogP contribution in [-0.2, 0) is 11.3 Å². The Morgan fingerprint density at radius 3 is 2.95 bits per heavy atom. The van der Waals surface area contributed by atoms with Crippen LogP contribution < -0.4 is 0 Å². The van der Waals surface area contributed by atoms with Gasteiger partial charge in [-0.2, -0.15) is 0 Å². The van der Waals surface area contributed by atoms with E-state index in [1.165, 1.54) is 11.3 Å². The monoisotopic (exact) mass is 337 g/mol. The van der Waals surface area contributed by atoms with Gasteiger partial charge in [0, 0.05) is 11.1 Å². The predicted octanol–water partition coefficient (Wildman–Crippen LogP) is 4.58. The van der Waals surface area contributed by atoms with Crippen molar-refractivity contribution in [3.63, 3.8) is 0 Å².